The van der Waals surface area contributed by atoms with Crippen molar-refractivity contribution in [1.29, 1.82) is 0 Å². The van der Waals surface area contributed by atoms with Gasteiger partial charge in [0.25, 0.3) is 0 Å². The van der Waals surface area contributed by atoms with Crippen LogP contribution < -0.4 is 10.6 Å². The minimum absolute atomic E-state index is 0.0817. The molecule has 1 amide bonds. The highest BCUT2D eigenvalue weighted by atomic mass is 16.5. The lowest BCUT2D eigenvalue weighted by atomic mass is 9.89. The van der Waals surface area contributed by atoms with Gasteiger partial charge in [0.05, 0.1) is 0 Å². The standard InChI is InChI=1S/C18H28N2O2/c1-13(2)17(20-15-7-5-4-6-8-15)11-19-18(21)16-9-10-22-12-14(16)3/h4-8,13-14,16-17,20H,9-12H2,1-3H3,(H,19,21). The number of benzene rings is 1. The average molecular weight is 304 g/mol. The Kier molecular flexibility index (Phi) is 6.25. The van der Waals surface area contributed by atoms with E-state index in [0.717, 1.165) is 12.1 Å². The maximum Gasteiger partial charge on any atom is 0.223 e. The molecule has 4 heteroatoms. The molecule has 22 heavy (non-hydrogen) atoms. The molecule has 1 aliphatic heterocycles. The van der Waals surface area contributed by atoms with Gasteiger partial charge in [-0.25, -0.2) is 0 Å². The summed E-state index contributed by atoms with van der Waals surface area (Å²) in [5.41, 5.74) is 1.09. The fourth-order valence-corrected chi connectivity index (χ4v) is 2.81. The molecule has 0 spiro atoms. The highest BCUT2D eigenvalue weighted by molar-refractivity contribution is 5.79. The van der Waals surface area contributed by atoms with Gasteiger partial charge in [-0.05, 0) is 30.4 Å². The number of carbonyl (C=O) groups is 1. The van der Waals surface area contributed by atoms with Crippen molar-refractivity contribution >= 4 is 11.6 Å². The molecule has 122 valence electrons. The second-order valence-corrected chi connectivity index (χ2v) is 6.55. The van der Waals surface area contributed by atoms with Crippen molar-refractivity contribution in [1.82, 2.24) is 5.32 Å². The molecular weight excluding hydrogens is 276 g/mol. The van der Waals surface area contributed by atoms with Crippen molar-refractivity contribution in [3.63, 3.8) is 0 Å². The summed E-state index contributed by atoms with van der Waals surface area (Å²) >= 11 is 0. The minimum atomic E-state index is 0.0817. The number of para-hydroxylation sites is 1. The molecule has 1 aliphatic rings. The number of amides is 1. The lowest BCUT2D eigenvalue weighted by molar-refractivity contribution is -0.130. The summed E-state index contributed by atoms with van der Waals surface area (Å²) in [5, 5.41) is 6.64. The molecular formula is C18H28N2O2. The fraction of sp³-hybridized carbons (Fsp3) is 0.611. The predicted molar refractivity (Wildman–Crippen MR) is 89.8 cm³/mol. The second-order valence-electron chi connectivity index (χ2n) is 6.55. The third kappa shape index (κ3) is 4.73. The molecule has 0 saturated carbocycles. The van der Waals surface area contributed by atoms with E-state index < -0.39 is 0 Å². The molecule has 1 heterocycles. The molecule has 1 saturated heterocycles. The highest BCUT2D eigenvalue weighted by Gasteiger charge is 2.28. The molecule has 3 unspecified atom stereocenters. The zero-order valence-electron chi connectivity index (χ0n) is 13.8. The zero-order valence-corrected chi connectivity index (χ0v) is 13.8. The summed E-state index contributed by atoms with van der Waals surface area (Å²) in [6.07, 6.45) is 0.825. The Hall–Kier alpha value is -1.55. The largest absolute Gasteiger partial charge is 0.381 e. The molecule has 0 radical (unpaired) electrons. The highest BCUT2D eigenvalue weighted by Crippen LogP contribution is 2.21. The quantitative estimate of drug-likeness (QED) is 0.849. The van der Waals surface area contributed by atoms with Gasteiger partial charge in [0.1, 0.15) is 0 Å². The maximum atomic E-state index is 12.4. The topological polar surface area (TPSA) is 50.4 Å². The van der Waals surface area contributed by atoms with Gasteiger partial charge in [-0.1, -0.05) is 39.0 Å². The fourth-order valence-electron chi connectivity index (χ4n) is 2.81. The number of carbonyl (C=O) groups excluding carboxylic acids is 1. The van der Waals surface area contributed by atoms with Crippen molar-refractivity contribution in [2.24, 2.45) is 17.8 Å². The van der Waals surface area contributed by atoms with Crippen LogP contribution in [0.2, 0.25) is 0 Å². The van der Waals surface area contributed by atoms with Gasteiger partial charge >= 0.3 is 0 Å². The van der Waals surface area contributed by atoms with Gasteiger partial charge in [0, 0.05) is 37.4 Å². The molecule has 4 nitrogen and oxygen atoms in total. The van der Waals surface area contributed by atoms with Gasteiger partial charge in [-0.15, -0.1) is 0 Å². The smallest absolute Gasteiger partial charge is 0.223 e. The summed E-state index contributed by atoms with van der Waals surface area (Å²) in [5.74, 6) is 0.982. The van der Waals surface area contributed by atoms with Crippen molar-refractivity contribution in [2.75, 3.05) is 25.1 Å². The van der Waals surface area contributed by atoms with Gasteiger partial charge in [0.2, 0.25) is 5.91 Å². The molecule has 1 fully saturated rings. The predicted octanol–water partition coefficient (Wildman–Crippen LogP) is 2.91. The molecule has 0 bridgehead atoms. The van der Waals surface area contributed by atoms with E-state index in [2.05, 4.69) is 43.5 Å². The van der Waals surface area contributed by atoms with Crippen LogP contribution in [0.25, 0.3) is 0 Å². The van der Waals surface area contributed by atoms with E-state index in [4.69, 9.17) is 4.74 Å². The van der Waals surface area contributed by atoms with E-state index in [0.29, 0.717) is 31.6 Å². The Balaban J connectivity index is 1.87. The summed E-state index contributed by atoms with van der Waals surface area (Å²) in [7, 11) is 0. The molecule has 3 atom stereocenters. The summed E-state index contributed by atoms with van der Waals surface area (Å²) in [6, 6.07) is 10.4. The molecule has 0 aromatic heterocycles. The lowest BCUT2D eigenvalue weighted by Gasteiger charge is -2.29. The lowest BCUT2D eigenvalue weighted by Crippen LogP contribution is -2.44. The Labute approximate surface area is 133 Å². The molecule has 0 aliphatic carbocycles. The molecule has 1 aromatic carbocycles. The number of rotatable bonds is 6. The van der Waals surface area contributed by atoms with Crippen LogP contribution in [-0.2, 0) is 9.53 Å². The van der Waals surface area contributed by atoms with Crippen LogP contribution >= 0.6 is 0 Å². The van der Waals surface area contributed by atoms with Crippen LogP contribution in [0.4, 0.5) is 5.69 Å². The number of hydrogen-bond acceptors (Lipinski definition) is 3. The third-order valence-electron chi connectivity index (χ3n) is 4.40. The molecule has 2 rings (SSSR count). The Bertz CT molecular complexity index is 461. The van der Waals surface area contributed by atoms with E-state index in [1.54, 1.807) is 0 Å². The van der Waals surface area contributed by atoms with E-state index in [-0.39, 0.29) is 17.9 Å². The third-order valence-corrected chi connectivity index (χ3v) is 4.40. The zero-order chi connectivity index (χ0) is 15.9. The Morgan fingerprint density at radius 1 is 1.32 bits per heavy atom. The SMILES string of the molecule is CC(C)C(CNC(=O)C1CCOCC1C)Nc1ccccc1. The van der Waals surface area contributed by atoms with Crippen LogP contribution in [0.5, 0.6) is 0 Å². The van der Waals surface area contributed by atoms with Gasteiger partial charge < -0.3 is 15.4 Å². The van der Waals surface area contributed by atoms with E-state index in [9.17, 15) is 4.79 Å². The van der Waals surface area contributed by atoms with Gasteiger partial charge in [-0.3, -0.25) is 4.79 Å². The number of anilines is 1. The minimum Gasteiger partial charge on any atom is -0.381 e. The monoisotopic (exact) mass is 304 g/mol. The number of ether oxygens (including phenoxy) is 1. The summed E-state index contributed by atoms with van der Waals surface area (Å²) in [6.45, 7) is 8.46. The number of hydrogen-bond donors (Lipinski definition) is 2. The Morgan fingerprint density at radius 3 is 2.68 bits per heavy atom. The first-order valence-electron chi connectivity index (χ1n) is 8.25. The van der Waals surface area contributed by atoms with Crippen LogP contribution in [0.3, 0.4) is 0 Å². The normalized spacial score (nSPS) is 23.1. The van der Waals surface area contributed by atoms with E-state index in [1.165, 1.54) is 0 Å². The summed E-state index contributed by atoms with van der Waals surface area (Å²) < 4.78 is 5.41. The van der Waals surface area contributed by atoms with Crippen molar-refractivity contribution in [3.8, 4) is 0 Å². The first-order valence-corrected chi connectivity index (χ1v) is 8.25. The van der Waals surface area contributed by atoms with Crippen LogP contribution in [0.15, 0.2) is 30.3 Å². The Morgan fingerprint density at radius 2 is 2.05 bits per heavy atom. The van der Waals surface area contributed by atoms with Crippen molar-refractivity contribution in [2.45, 2.75) is 33.2 Å². The maximum absolute atomic E-state index is 12.4. The molecule has 2 N–H and O–H groups in total. The second kappa shape index (κ2) is 8.18. The van der Waals surface area contributed by atoms with Gasteiger partial charge in [-0.2, -0.15) is 0 Å². The van der Waals surface area contributed by atoms with Gasteiger partial charge in [0.15, 0.2) is 0 Å². The number of nitrogens with one attached hydrogen (secondary N) is 2. The van der Waals surface area contributed by atoms with E-state index >= 15 is 0 Å². The first-order chi connectivity index (χ1) is 10.6. The first kappa shape index (κ1) is 16.8. The van der Waals surface area contributed by atoms with Crippen LogP contribution in [-0.4, -0.2) is 31.7 Å². The van der Waals surface area contributed by atoms with Crippen LogP contribution in [0, 0.1) is 17.8 Å². The van der Waals surface area contributed by atoms with E-state index in [1.807, 2.05) is 18.2 Å². The average Bonchev–Trinajstić information content (AvgIpc) is 2.52. The van der Waals surface area contributed by atoms with Crippen LogP contribution in [0.1, 0.15) is 27.2 Å². The molecule has 1 aromatic rings. The summed E-state index contributed by atoms with van der Waals surface area (Å²) in [4.78, 5) is 12.4. The van der Waals surface area contributed by atoms with Crippen molar-refractivity contribution in [3.05, 3.63) is 30.3 Å². The van der Waals surface area contributed by atoms with Crippen molar-refractivity contribution < 1.29 is 9.53 Å².